The number of benzene rings is 1. The number of hydrogen-bond acceptors (Lipinski definition) is 4. The molecule has 0 amide bonds. The number of ether oxygens (including phenoxy) is 2. The van der Waals surface area contributed by atoms with E-state index in [0.717, 1.165) is 39.1 Å². The number of hydrogen-bond donors (Lipinski definition) is 1. The van der Waals surface area contributed by atoms with E-state index in [4.69, 9.17) is 9.47 Å². The molecule has 0 aromatic heterocycles. The molecular formula is C21H32N2O2. The van der Waals surface area contributed by atoms with Crippen LogP contribution in [0.1, 0.15) is 44.6 Å². The van der Waals surface area contributed by atoms with Crippen LogP contribution in [-0.4, -0.2) is 49.1 Å². The number of nitrogens with one attached hydrogen (secondary N) is 1. The van der Waals surface area contributed by atoms with Gasteiger partial charge in [0.2, 0.25) is 0 Å². The molecule has 2 aliphatic heterocycles. The van der Waals surface area contributed by atoms with Crippen LogP contribution in [0, 0.1) is 5.92 Å². The summed E-state index contributed by atoms with van der Waals surface area (Å²) < 4.78 is 12.4. The second kappa shape index (κ2) is 7.75. The second-order valence-electron chi connectivity index (χ2n) is 8.19. The van der Waals surface area contributed by atoms with Gasteiger partial charge in [0, 0.05) is 45.1 Å². The first-order chi connectivity index (χ1) is 12.2. The molecule has 0 bridgehead atoms. The highest BCUT2D eigenvalue weighted by molar-refractivity contribution is 5.14. The summed E-state index contributed by atoms with van der Waals surface area (Å²) in [6, 6.07) is 11.3. The lowest BCUT2D eigenvalue weighted by molar-refractivity contribution is -0.186. The minimum absolute atomic E-state index is 0.216. The van der Waals surface area contributed by atoms with E-state index in [9.17, 15) is 0 Å². The third-order valence-corrected chi connectivity index (χ3v) is 6.07. The van der Waals surface area contributed by atoms with Crippen LogP contribution in [0.5, 0.6) is 0 Å². The average Bonchev–Trinajstić information content (AvgIpc) is 3.18. The Morgan fingerprint density at radius 2 is 1.92 bits per heavy atom. The normalized spacial score (nSPS) is 32.4. The van der Waals surface area contributed by atoms with Gasteiger partial charge in [0.1, 0.15) is 0 Å². The van der Waals surface area contributed by atoms with Crippen molar-refractivity contribution >= 4 is 0 Å². The Hall–Kier alpha value is -0.940. The van der Waals surface area contributed by atoms with Gasteiger partial charge in [-0.15, -0.1) is 0 Å². The van der Waals surface area contributed by atoms with Crippen molar-refractivity contribution in [2.24, 2.45) is 5.92 Å². The van der Waals surface area contributed by atoms with Gasteiger partial charge in [-0.05, 0) is 24.3 Å². The predicted molar refractivity (Wildman–Crippen MR) is 99.3 cm³/mol. The van der Waals surface area contributed by atoms with Gasteiger partial charge < -0.3 is 14.8 Å². The van der Waals surface area contributed by atoms with Gasteiger partial charge in [-0.2, -0.15) is 0 Å². The van der Waals surface area contributed by atoms with Crippen LogP contribution in [0.3, 0.4) is 0 Å². The molecule has 1 aliphatic carbocycles. The van der Waals surface area contributed by atoms with E-state index in [1.54, 1.807) is 0 Å². The van der Waals surface area contributed by atoms with E-state index < -0.39 is 0 Å². The summed E-state index contributed by atoms with van der Waals surface area (Å²) in [6.07, 6.45) is 6.19. The van der Waals surface area contributed by atoms with E-state index >= 15 is 0 Å². The van der Waals surface area contributed by atoms with Gasteiger partial charge in [0.15, 0.2) is 5.79 Å². The Bertz CT molecular complexity index is 544. The third kappa shape index (κ3) is 4.25. The SMILES string of the molecule is C[C@@H]1CN(Cc2ccccc2)C[C@H]1NC[C@H]1COC2(CCCCC2)O1. The van der Waals surface area contributed by atoms with E-state index in [2.05, 4.69) is 47.5 Å². The van der Waals surface area contributed by atoms with Gasteiger partial charge in [-0.25, -0.2) is 0 Å². The summed E-state index contributed by atoms with van der Waals surface area (Å²) in [7, 11) is 0. The number of likely N-dealkylation sites (tertiary alicyclic amines) is 1. The molecule has 3 atom stereocenters. The first-order valence-corrected chi connectivity index (χ1v) is 10.0. The minimum Gasteiger partial charge on any atom is -0.347 e. The van der Waals surface area contributed by atoms with E-state index in [1.807, 2.05) is 0 Å². The summed E-state index contributed by atoms with van der Waals surface area (Å²) in [5.41, 5.74) is 1.40. The highest BCUT2D eigenvalue weighted by Crippen LogP contribution is 2.37. The summed E-state index contributed by atoms with van der Waals surface area (Å²) >= 11 is 0. The van der Waals surface area contributed by atoms with Crippen molar-refractivity contribution in [3.8, 4) is 0 Å². The Labute approximate surface area is 151 Å². The maximum absolute atomic E-state index is 6.31. The second-order valence-corrected chi connectivity index (χ2v) is 8.19. The highest BCUT2D eigenvalue weighted by atomic mass is 16.7. The fourth-order valence-electron chi connectivity index (χ4n) is 4.66. The zero-order valence-corrected chi connectivity index (χ0v) is 15.5. The lowest BCUT2D eigenvalue weighted by Crippen LogP contribution is -2.41. The van der Waals surface area contributed by atoms with Gasteiger partial charge in [0.25, 0.3) is 0 Å². The Morgan fingerprint density at radius 1 is 1.12 bits per heavy atom. The Balaban J connectivity index is 1.23. The monoisotopic (exact) mass is 344 g/mol. The zero-order valence-electron chi connectivity index (χ0n) is 15.5. The zero-order chi connectivity index (χ0) is 17.1. The van der Waals surface area contributed by atoms with Crippen LogP contribution in [0.15, 0.2) is 30.3 Å². The van der Waals surface area contributed by atoms with Crippen LogP contribution in [-0.2, 0) is 16.0 Å². The van der Waals surface area contributed by atoms with Crippen LogP contribution in [0.4, 0.5) is 0 Å². The summed E-state index contributed by atoms with van der Waals surface area (Å²) in [5, 5.41) is 3.76. The summed E-state index contributed by atoms with van der Waals surface area (Å²) in [5.74, 6) is 0.431. The van der Waals surface area contributed by atoms with E-state index in [1.165, 1.54) is 31.4 Å². The number of nitrogens with zero attached hydrogens (tertiary/aromatic N) is 1. The minimum atomic E-state index is -0.245. The molecule has 1 saturated carbocycles. The molecule has 3 aliphatic rings. The lowest BCUT2D eigenvalue weighted by Gasteiger charge is -2.32. The van der Waals surface area contributed by atoms with Crippen molar-refractivity contribution in [1.82, 2.24) is 10.2 Å². The van der Waals surface area contributed by atoms with Crippen molar-refractivity contribution in [2.75, 3.05) is 26.2 Å². The van der Waals surface area contributed by atoms with Crippen LogP contribution < -0.4 is 5.32 Å². The molecular weight excluding hydrogens is 312 g/mol. The molecule has 3 fully saturated rings. The molecule has 138 valence electrons. The van der Waals surface area contributed by atoms with Gasteiger partial charge in [0.05, 0.1) is 12.7 Å². The lowest BCUT2D eigenvalue weighted by atomic mass is 9.94. The molecule has 1 aromatic carbocycles. The number of rotatable bonds is 5. The van der Waals surface area contributed by atoms with Gasteiger partial charge >= 0.3 is 0 Å². The first kappa shape index (κ1) is 17.5. The molecule has 4 nitrogen and oxygen atoms in total. The van der Waals surface area contributed by atoms with Gasteiger partial charge in [-0.3, -0.25) is 4.90 Å². The van der Waals surface area contributed by atoms with Crippen molar-refractivity contribution in [3.63, 3.8) is 0 Å². The fourth-order valence-corrected chi connectivity index (χ4v) is 4.66. The molecule has 2 saturated heterocycles. The maximum Gasteiger partial charge on any atom is 0.168 e. The molecule has 0 radical (unpaired) electrons. The van der Waals surface area contributed by atoms with Crippen LogP contribution in [0.2, 0.25) is 0 Å². The van der Waals surface area contributed by atoms with Crippen LogP contribution in [0.25, 0.3) is 0 Å². The van der Waals surface area contributed by atoms with Crippen molar-refractivity contribution in [3.05, 3.63) is 35.9 Å². The summed E-state index contributed by atoms with van der Waals surface area (Å²) in [4.78, 5) is 2.56. The third-order valence-electron chi connectivity index (χ3n) is 6.07. The topological polar surface area (TPSA) is 33.7 Å². The molecule has 0 unspecified atom stereocenters. The summed E-state index contributed by atoms with van der Waals surface area (Å²) in [6.45, 7) is 7.36. The molecule has 2 heterocycles. The van der Waals surface area contributed by atoms with Crippen molar-refractivity contribution < 1.29 is 9.47 Å². The largest absolute Gasteiger partial charge is 0.347 e. The standard InChI is InChI=1S/C21H32N2O2/c1-17-13-23(14-18-8-4-2-5-9-18)15-20(17)22-12-19-16-24-21(25-19)10-6-3-7-11-21/h2,4-5,8-9,17,19-20,22H,3,6-7,10-16H2,1H3/t17-,19+,20-/m1/s1. The quantitative estimate of drug-likeness (QED) is 0.890. The van der Waals surface area contributed by atoms with E-state index in [-0.39, 0.29) is 11.9 Å². The molecule has 4 heteroatoms. The predicted octanol–water partition coefficient (Wildman–Crippen LogP) is 3.17. The average molecular weight is 344 g/mol. The van der Waals surface area contributed by atoms with Crippen molar-refractivity contribution in [2.45, 2.75) is 63.5 Å². The van der Waals surface area contributed by atoms with E-state index in [0.29, 0.717) is 12.0 Å². The smallest absolute Gasteiger partial charge is 0.168 e. The fraction of sp³-hybridized carbons (Fsp3) is 0.714. The first-order valence-electron chi connectivity index (χ1n) is 10.0. The molecule has 1 N–H and O–H groups in total. The van der Waals surface area contributed by atoms with Crippen LogP contribution >= 0.6 is 0 Å². The molecule has 1 spiro atoms. The Morgan fingerprint density at radius 3 is 2.72 bits per heavy atom. The Kier molecular flexibility index (Phi) is 5.41. The maximum atomic E-state index is 6.31. The molecule has 1 aromatic rings. The highest BCUT2D eigenvalue weighted by Gasteiger charge is 2.42. The molecule has 25 heavy (non-hydrogen) atoms. The molecule has 4 rings (SSSR count). The van der Waals surface area contributed by atoms with Gasteiger partial charge in [-0.1, -0.05) is 43.7 Å². The van der Waals surface area contributed by atoms with Crippen molar-refractivity contribution in [1.29, 1.82) is 0 Å².